The van der Waals surface area contributed by atoms with Crippen LogP contribution >= 0.6 is 0 Å². The van der Waals surface area contributed by atoms with Crippen molar-refractivity contribution in [2.45, 2.75) is 68.2 Å². The molecule has 35 heavy (non-hydrogen) atoms. The number of fused-ring (bicyclic) bond motifs is 3. The van der Waals surface area contributed by atoms with Crippen LogP contribution < -0.4 is 0 Å². The maximum absolute atomic E-state index is 13.4. The van der Waals surface area contributed by atoms with Crippen molar-refractivity contribution in [3.05, 3.63) is 29.8 Å². The first-order chi connectivity index (χ1) is 16.5. The zero-order valence-electron chi connectivity index (χ0n) is 20.7. The van der Waals surface area contributed by atoms with E-state index in [0.29, 0.717) is 19.0 Å². The number of carbonyl (C=O) groups is 2. The van der Waals surface area contributed by atoms with Crippen molar-refractivity contribution >= 4 is 21.8 Å². The molecule has 5 rings (SSSR count). The second-order valence-corrected chi connectivity index (χ2v) is 12.9. The van der Waals surface area contributed by atoms with Gasteiger partial charge in [0.15, 0.2) is 0 Å². The Morgan fingerprint density at radius 3 is 2.63 bits per heavy atom. The molecule has 4 aliphatic rings. The van der Waals surface area contributed by atoms with Gasteiger partial charge in [-0.3, -0.25) is 14.5 Å². The van der Waals surface area contributed by atoms with Crippen molar-refractivity contribution in [2.24, 2.45) is 11.8 Å². The van der Waals surface area contributed by atoms with Crippen LogP contribution in [0.2, 0.25) is 0 Å². The third kappa shape index (κ3) is 3.94. The van der Waals surface area contributed by atoms with Gasteiger partial charge in [-0.05, 0) is 49.8 Å². The molecule has 10 heteroatoms. The highest BCUT2D eigenvalue weighted by Crippen LogP contribution is 2.48. The summed E-state index contributed by atoms with van der Waals surface area (Å²) >= 11 is 0. The van der Waals surface area contributed by atoms with E-state index < -0.39 is 10.0 Å². The van der Waals surface area contributed by atoms with Gasteiger partial charge in [0.05, 0.1) is 23.0 Å². The zero-order valence-corrected chi connectivity index (χ0v) is 21.5. The highest BCUT2D eigenvalue weighted by molar-refractivity contribution is 7.89. The molecule has 3 aliphatic heterocycles. The summed E-state index contributed by atoms with van der Waals surface area (Å²) in [5, 5.41) is 9.43. The van der Waals surface area contributed by atoms with Crippen molar-refractivity contribution in [1.29, 1.82) is 5.26 Å². The van der Waals surface area contributed by atoms with Crippen molar-refractivity contribution in [3.8, 4) is 6.07 Å². The van der Waals surface area contributed by atoms with Gasteiger partial charge < -0.3 is 9.80 Å². The quantitative estimate of drug-likeness (QED) is 0.562. The molecule has 1 saturated carbocycles. The molecule has 0 radical (unpaired) electrons. The molecule has 0 N–H and O–H groups in total. The Bertz CT molecular complexity index is 1190. The van der Waals surface area contributed by atoms with Gasteiger partial charge in [-0.1, -0.05) is 19.1 Å². The third-order valence-corrected chi connectivity index (χ3v) is 10.1. The minimum atomic E-state index is -3.56. The second-order valence-electron chi connectivity index (χ2n) is 10.7. The maximum atomic E-state index is 13.4. The summed E-state index contributed by atoms with van der Waals surface area (Å²) in [4.78, 5) is 32.5. The second kappa shape index (κ2) is 8.57. The number of sulfonamides is 1. The van der Waals surface area contributed by atoms with Crippen LogP contribution in [0.15, 0.2) is 29.2 Å². The van der Waals surface area contributed by atoms with Gasteiger partial charge in [0.25, 0.3) is 0 Å². The van der Waals surface area contributed by atoms with Crippen LogP contribution in [0.25, 0.3) is 0 Å². The predicted molar refractivity (Wildman–Crippen MR) is 128 cm³/mol. The Morgan fingerprint density at radius 2 is 1.97 bits per heavy atom. The summed E-state index contributed by atoms with van der Waals surface area (Å²) in [6.07, 6.45) is 2.51. The van der Waals surface area contributed by atoms with E-state index in [1.165, 1.54) is 18.4 Å². The van der Waals surface area contributed by atoms with Crippen LogP contribution in [0.3, 0.4) is 0 Å². The molecule has 0 spiro atoms. The van der Waals surface area contributed by atoms with Gasteiger partial charge in [0, 0.05) is 45.2 Å². The highest BCUT2D eigenvalue weighted by Gasteiger charge is 2.55. The molecule has 9 nitrogen and oxygen atoms in total. The smallest absolute Gasteiger partial charge is 0.242 e. The predicted octanol–water partition coefficient (Wildman–Crippen LogP) is 1.43. The summed E-state index contributed by atoms with van der Waals surface area (Å²) in [6.45, 7) is 5.05. The maximum Gasteiger partial charge on any atom is 0.242 e. The first-order valence-corrected chi connectivity index (χ1v) is 13.8. The lowest BCUT2D eigenvalue weighted by atomic mass is 10.0. The fraction of sp³-hybridized carbons (Fsp3) is 0.640. The molecule has 4 fully saturated rings. The average molecular weight is 500 g/mol. The number of hydrogen-bond acceptors (Lipinski definition) is 6. The minimum Gasteiger partial charge on any atom is -0.330 e. The number of likely N-dealkylation sites (tertiary alicyclic amines) is 3. The number of benzene rings is 1. The molecular weight excluding hydrogens is 466 g/mol. The Kier molecular flexibility index (Phi) is 5.93. The molecular formula is C25H33N5O4S. The van der Waals surface area contributed by atoms with Gasteiger partial charge in [-0.15, -0.1) is 0 Å². The molecule has 1 aromatic rings. The van der Waals surface area contributed by atoms with E-state index >= 15 is 0 Å². The largest absolute Gasteiger partial charge is 0.330 e. The van der Waals surface area contributed by atoms with Gasteiger partial charge in [0.2, 0.25) is 21.8 Å². The van der Waals surface area contributed by atoms with E-state index in [4.69, 9.17) is 0 Å². The van der Waals surface area contributed by atoms with E-state index in [2.05, 4.69) is 11.0 Å². The van der Waals surface area contributed by atoms with E-state index in [-0.39, 0.29) is 52.8 Å². The van der Waals surface area contributed by atoms with Crippen LogP contribution in [0.1, 0.15) is 44.7 Å². The fourth-order valence-electron chi connectivity index (χ4n) is 6.28. The normalized spacial score (nSPS) is 31.5. The van der Waals surface area contributed by atoms with Gasteiger partial charge in [0.1, 0.15) is 6.04 Å². The number of rotatable bonds is 7. The van der Waals surface area contributed by atoms with Crippen molar-refractivity contribution in [3.63, 3.8) is 0 Å². The summed E-state index contributed by atoms with van der Waals surface area (Å²) in [6, 6.07) is 8.55. The van der Waals surface area contributed by atoms with Gasteiger partial charge >= 0.3 is 0 Å². The molecule has 2 bridgehead atoms. The average Bonchev–Trinajstić information content (AvgIpc) is 3.15. The lowest BCUT2D eigenvalue weighted by Gasteiger charge is -2.38. The molecule has 7 atom stereocenters. The molecule has 3 heterocycles. The zero-order chi connectivity index (χ0) is 25.2. The lowest BCUT2D eigenvalue weighted by Crippen LogP contribution is -2.53. The molecule has 3 saturated heterocycles. The Labute approximate surface area is 207 Å². The SMILES string of the molecule is C[C@H](c1cccc(S(=O)(=O)N(C)C)c1)N1C(=O)[C@@H]2C[C@H]1CN2C[C@H](C)C(=O)N1C2C[C@H]2C[C@H]1C#N. The van der Waals surface area contributed by atoms with Crippen LogP contribution in [-0.2, 0) is 19.6 Å². The molecule has 1 aliphatic carbocycles. The first kappa shape index (κ1) is 24.2. The van der Waals surface area contributed by atoms with E-state index in [1.807, 2.05) is 24.8 Å². The molecule has 2 amide bonds. The lowest BCUT2D eigenvalue weighted by molar-refractivity contribution is -0.142. The van der Waals surface area contributed by atoms with Crippen LogP contribution in [0.4, 0.5) is 0 Å². The number of hydrogen-bond donors (Lipinski definition) is 0. The Balaban J connectivity index is 1.25. The number of nitrogens with zero attached hydrogens (tertiary/aromatic N) is 5. The minimum absolute atomic E-state index is 0.0286. The number of piperazine rings is 1. The summed E-state index contributed by atoms with van der Waals surface area (Å²) in [5.41, 5.74) is 0.791. The summed E-state index contributed by atoms with van der Waals surface area (Å²) in [7, 11) is -0.555. The number of nitriles is 1. The van der Waals surface area contributed by atoms with E-state index in [1.54, 1.807) is 23.1 Å². The first-order valence-electron chi connectivity index (χ1n) is 12.3. The van der Waals surface area contributed by atoms with Crippen LogP contribution in [0, 0.1) is 23.2 Å². The Hall–Kier alpha value is -2.48. The molecule has 1 aromatic carbocycles. The number of piperidine rings is 1. The van der Waals surface area contributed by atoms with Crippen molar-refractivity contribution in [1.82, 2.24) is 19.0 Å². The summed E-state index contributed by atoms with van der Waals surface area (Å²) < 4.78 is 26.3. The number of amides is 2. The van der Waals surface area contributed by atoms with Gasteiger partial charge in [-0.25, -0.2) is 12.7 Å². The summed E-state index contributed by atoms with van der Waals surface area (Å²) in [5.74, 6) is 0.283. The fourth-order valence-corrected chi connectivity index (χ4v) is 7.24. The molecule has 188 valence electrons. The number of carbonyl (C=O) groups excluding carboxylic acids is 2. The van der Waals surface area contributed by atoms with E-state index in [9.17, 15) is 23.3 Å². The van der Waals surface area contributed by atoms with Crippen molar-refractivity contribution < 1.29 is 18.0 Å². The van der Waals surface area contributed by atoms with Crippen molar-refractivity contribution in [2.75, 3.05) is 27.2 Å². The van der Waals surface area contributed by atoms with Crippen LogP contribution in [0.5, 0.6) is 0 Å². The highest BCUT2D eigenvalue weighted by atomic mass is 32.2. The third-order valence-electron chi connectivity index (χ3n) is 8.29. The topological polar surface area (TPSA) is 105 Å². The Morgan fingerprint density at radius 1 is 1.23 bits per heavy atom. The van der Waals surface area contributed by atoms with Gasteiger partial charge in [-0.2, -0.15) is 5.26 Å². The van der Waals surface area contributed by atoms with E-state index in [0.717, 1.165) is 24.8 Å². The molecule has 0 aromatic heterocycles. The molecule has 1 unspecified atom stereocenters. The standard InChI is InChI=1S/C25H33N5O4S/c1-15(24(31)30-19(12-26)8-18-10-22(18)30)13-28-14-20-11-23(28)25(32)29(20)16(2)17-6-5-7-21(9-17)35(33,34)27(3)4/h5-7,9,15-16,18-20,22-23H,8,10-11,13-14H2,1-4H3/t15-,16+,18+,19-,20-,22?,23-/m0/s1. The monoisotopic (exact) mass is 499 g/mol. The van der Waals surface area contributed by atoms with Crippen LogP contribution in [-0.4, -0.2) is 90.6 Å².